The van der Waals surface area contributed by atoms with Crippen LogP contribution in [-0.2, 0) is 0 Å². The SMILES string of the molecule is CCC(NC)c1cccc(OCCN2CCCC2)c1. The summed E-state index contributed by atoms with van der Waals surface area (Å²) < 4.78 is 5.88. The summed E-state index contributed by atoms with van der Waals surface area (Å²) in [4.78, 5) is 2.48. The summed E-state index contributed by atoms with van der Waals surface area (Å²) in [5.41, 5.74) is 1.31. The number of likely N-dealkylation sites (tertiary alicyclic amines) is 1. The molecule has 0 aliphatic carbocycles. The van der Waals surface area contributed by atoms with Crippen LogP contribution in [0.3, 0.4) is 0 Å². The van der Waals surface area contributed by atoms with Gasteiger partial charge in [0.1, 0.15) is 12.4 Å². The van der Waals surface area contributed by atoms with Gasteiger partial charge in [-0.1, -0.05) is 19.1 Å². The molecule has 0 aromatic heterocycles. The molecule has 1 saturated heterocycles. The van der Waals surface area contributed by atoms with Crippen LogP contribution in [0.4, 0.5) is 0 Å². The topological polar surface area (TPSA) is 24.5 Å². The molecular weight excluding hydrogens is 236 g/mol. The lowest BCUT2D eigenvalue weighted by molar-refractivity contribution is 0.237. The second kappa shape index (κ2) is 7.51. The molecule has 106 valence electrons. The van der Waals surface area contributed by atoms with Gasteiger partial charge in [-0.2, -0.15) is 0 Å². The lowest BCUT2D eigenvalue weighted by Crippen LogP contribution is -2.25. The van der Waals surface area contributed by atoms with E-state index in [1.54, 1.807) is 0 Å². The summed E-state index contributed by atoms with van der Waals surface area (Å²) in [6.07, 6.45) is 3.78. The predicted octanol–water partition coefficient (Wildman–Crippen LogP) is 2.83. The van der Waals surface area contributed by atoms with E-state index >= 15 is 0 Å². The Balaban J connectivity index is 1.84. The molecule has 0 saturated carbocycles. The summed E-state index contributed by atoms with van der Waals surface area (Å²) in [7, 11) is 2.01. The van der Waals surface area contributed by atoms with E-state index in [9.17, 15) is 0 Å². The van der Waals surface area contributed by atoms with Gasteiger partial charge in [0.05, 0.1) is 0 Å². The fourth-order valence-corrected chi connectivity index (χ4v) is 2.73. The molecule has 1 aliphatic rings. The van der Waals surface area contributed by atoms with Crippen molar-refractivity contribution >= 4 is 0 Å². The molecule has 2 rings (SSSR count). The highest BCUT2D eigenvalue weighted by molar-refractivity contribution is 5.30. The standard InChI is InChI=1S/C16H26N2O/c1-3-16(17-2)14-7-6-8-15(13-14)19-12-11-18-9-4-5-10-18/h6-8,13,16-17H,3-5,9-12H2,1-2H3. The molecule has 1 atom stereocenters. The maximum absolute atomic E-state index is 5.88. The van der Waals surface area contributed by atoms with E-state index < -0.39 is 0 Å². The quantitative estimate of drug-likeness (QED) is 0.818. The van der Waals surface area contributed by atoms with Crippen molar-refractivity contribution < 1.29 is 4.74 Å². The first-order valence-electron chi connectivity index (χ1n) is 7.46. The normalized spacial score (nSPS) is 17.6. The largest absolute Gasteiger partial charge is 0.492 e. The number of nitrogens with zero attached hydrogens (tertiary/aromatic N) is 1. The minimum absolute atomic E-state index is 0.419. The average Bonchev–Trinajstić information content (AvgIpc) is 2.94. The van der Waals surface area contributed by atoms with Gasteiger partial charge in [-0.05, 0) is 57.1 Å². The van der Waals surface area contributed by atoms with Gasteiger partial charge in [-0.3, -0.25) is 4.90 Å². The van der Waals surface area contributed by atoms with Crippen LogP contribution in [0.25, 0.3) is 0 Å². The van der Waals surface area contributed by atoms with Crippen molar-refractivity contribution in [2.45, 2.75) is 32.2 Å². The van der Waals surface area contributed by atoms with Crippen LogP contribution in [0.15, 0.2) is 24.3 Å². The van der Waals surface area contributed by atoms with Crippen molar-refractivity contribution in [2.75, 3.05) is 33.3 Å². The third-order valence-electron chi connectivity index (χ3n) is 3.89. The van der Waals surface area contributed by atoms with Gasteiger partial charge < -0.3 is 10.1 Å². The van der Waals surface area contributed by atoms with Gasteiger partial charge in [0.2, 0.25) is 0 Å². The van der Waals surface area contributed by atoms with Crippen molar-refractivity contribution in [2.24, 2.45) is 0 Å². The van der Waals surface area contributed by atoms with Gasteiger partial charge in [0, 0.05) is 12.6 Å². The van der Waals surface area contributed by atoms with E-state index in [1.165, 1.54) is 31.5 Å². The number of ether oxygens (including phenoxy) is 1. The van der Waals surface area contributed by atoms with E-state index in [1.807, 2.05) is 7.05 Å². The molecule has 1 aliphatic heterocycles. The minimum Gasteiger partial charge on any atom is -0.492 e. The van der Waals surface area contributed by atoms with Crippen LogP contribution in [0.2, 0.25) is 0 Å². The van der Waals surface area contributed by atoms with Crippen molar-refractivity contribution in [3.8, 4) is 5.75 Å². The third-order valence-corrected chi connectivity index (χ3v) is 3.89. The Kier molecular flexibility index (Phi) is 5.67. The summed E-state index contributed by atoms with van der Waals surface area (Å²) >= 11 is 0. The van der Waals surface area contributed by atoms with Gasteiger partial charge >= 0.3 is 0 Å². The maximum atomic E-state index is 5.88. The molecular formula is C16H26N2O. The number of hydrogen-bond donors (Lipinski definition) is 1. The molecule has 0 spiro atoms. The molecule has 0 radical (unpaired) electrons. The van der Waals surface area contributed by atoms with Crippen molar-refractivity contribution in [3.05, 3.63) is 29.8 Å². The van der Waals surface area contributed by atoms with Crippen LogP contribution in [-0.4, -0.2) is 38.2 Å². The number of benzene rings is 1. The molecule has 3 heteroatoms. The predicted molar refractivity (Wildman–Crippen MR) is 79.7 cm³/mol. The fourth-order valence-electron chi connectivity index (χ4n) is 2.73. The second-order valence-electron chi connectivity index (χ2n) is 5.22. The van der Waals surface area contributed by atoms with Crippen molar-refractivity contribution in [3.63, 3.8) is 0 Å². The Morgan fingerprint density at radius 1 is 1.32 bits per heavy atom. The molecule has 1 heterocycles. The van der Waals surface area contributed by atoms with Gasteiger partial charge in [-0.15, -0.1) is 0 Å². The molecule has 1 unspecified atom stereocenters. The maximum Gasteiger partial charge on any atom is 0.119 e. The smallest absolute Gasteiger partial charge is 0.119 e. The van der Waals surface area contributed by atoms with E-state index in [-0.39, 0.29) is 0 Å². The molecule has 1 aromatic rings. The molecule has 3 nitrogen and oxygen atoms in total. The van der Waals surface area contributed by atoms with Crippen molar-refractivity contribution in [1.82, 2.24) is 10.2 Å². The minimum atomic E-state index is 0.419. The van der Waals surface area contributed by atoms with Gasteiger partial charge in [-0.25, -0.2) is 0 Å². The Morgan fingerprint density at radius 2 is 2.11 bits per heavy atom. The monoisotopic (exact) mass is 262 g/mol. The first-order chi connectivity index (χ1) is 9.33. The first kappa shape index (κ1) is 14.4. The summed E-state index contributed by atoms with van der Waals surface area (Å²) in [6.45, 7) is 6.51. The Labute approximate surface area is 116 Å². The Hall–Kier alpha value is -1.06. The van der Waals surface area contributed by atoms with Crippen molar-refractivity contribution in [1.29, 1.82) is 0 Å². The van der Waals surface area contributed by atoms with Gasteiger partial charge in [0.25, 0.3) is 0 Å². The zero-order valence-corrected chi connectivity index (χ0v) is 12.2. The molecule has 1 fully saturated rings. The summed E-state index contributed by atoms with van der Waals surface area (Å²) in [6, 6.07) is 8.88. The molecule has 0 bridgehead atoms. The van der Waals surface area contributed by atoms with E-state index in [0.717, 1.165) is 25.3 Å². The van der Waals surface area contributed by atoms with Crippen LogP contribution in [0.1, 0.15) is 37.8 Å². The Morgan fingerprint density at radius 3 is 2.79 bits per heavy atom. The molecule has 1 aromatic carbocycles. The van der Waals surface area contributed by atoms with Crippen LogP contribution < -0.4 is 10.1 Å². The molecule has 1 N–H and O–H groups in total. The third kappa shape index (κ3) is 4.22. The highest BCUT2D eigenvalue weighted by Crippen LogP contribution is 2.21. The zero-order chi connectivity index (χ0) is 13.5. The van der Waals surface area contributed by atoms with Crippen LogP contribution >= 0.6 is 0 Å². The van der Waals surface area contributed by atoms with E-state index in [0.29, 0.717) is 6.04 Å². The van der Waals surface area contributed by atoms with E-state index in [2.05, 4.69) is 41.4 Å². The average molecular weight is 262 g/mol. The number of rotatable bonds is 7. The summed E-state index contributed by atoms with van der Waals surface area (Å²) in [5.74, 6) is 0.991. The van der Waals surface area contributed by atoms with Crippen LogP contribution in [0.5, 0.6) is 5.75 Å². The Bertz CT molecular complexity index is 371. The molecule has 19 heavy (non-hydrogen) atoms. The fraction of sp³-hybridized carbons (Fsp3) is 0.625. The second-order valence-corrected chi connectivity index (χ2v) is 5.22. The van der Waals surface area contributed by atoms with Crippen LogP contribution in [0, 0.1) is 0 Å². The lowest BCUT2D eigenvalue weighted by Gasteiger charge is -2.17. The van der Waals surface area contributed by atoms with E-state index in [4.69, 9.17) is 4.74 Å². The highest BCUT2D eigenvalue weighted by atomic mass is 16.5. The van der Waals surface area contributed by atoms with Gasteiger partial charge in [0.15, 0.2) is 0 Å². The zero-order valence-electron chi connectivity index (χ0n) is 12.2. The number of nitrogens with one attached hydrogen (secondary N) is 1. The number of hydrogen-bond acceptors (Lipinski definition) is 3. The lowest BCUT2D eigenvalue weighted by atomic mass is 10.0. The summed E-state index contributed by atoms with van der Waals surface area (Å²) in [5, 5.41) is 3.33. The molecule has 0 amide bonds. The highest BCUT2D eigenvalue weighted by Gasteiger charge is 2.11. The first-order valence-corrected chi connectivity index (χ1v) is 7.46.